The van der Waals surface area contributed by atoms with E-state index in [0.717, 1.165) is 0 Å². The van der Waals surface area contributed by atoms with Crippen molar-refractivity contribution in [3.8, 4) is 11.5 Å². The number of anilines is 1. The van der Waals surface area contributed by atoms with Crippen LogP contribution in [0.3, 0.4) is 0 Å². The standard InChI is InChI=1S/C20H19N3O5/c1-13(24)14-7-9-15(10-8-14)27-12-20-22-18(23-28-20)11-19(25)21-16-5-3-4-6-17(16)26-2/h3-10H,11-12H2,1-2H3,(H,21,25). The second-order valence-electron chi connectivity index (χ2n) is 5.90. The smallest absolute Gasteiger partial charge is 0.264 e. The number of hydrogen-bond acceptors (Lipinski definition) is 7. The van der Waals surface area contributed by atoms with Gasteiger partial charge in [-0.2, -0.15) is 4.98 Å². The van der Waals surface area contributed by atoms with E-state index in [2.05, 4.69) is 15.5 Å². The van der Waals surface area contributed by atoms with Gasteiger partial charge in [0.1, 0.15) is 11.5 Å². The number of amides is 1. The molecule has 0 saturated heterocycles. The van der Waals surface area contributed by atoms with E-state index in [0.29, 0.717) is 22.7 Å². The minimum absolute atomic E-state index is 0.0144. The lowest BCUT2D eigenvalue weighted by molar-refractivity contribution is -0.115. The van der Waals surface area contributed by atoms with Crippen molar-refractivity contribution >= 4 is 17.4 Å². The van der Waals surface area contributed by atoms with Crippen LogP contribution in [0.25, 0.3) is 0 Å². The molecule has 0 radical (unpaired) electrons. The highest BCUT2D eigenvalue weighted by Crippen LogP contribution is 2.23. The van der Waals surface area contributed by atoms with E-state index >= 15 is 0 Å². The molecule has 0 aliphatic carbocycles. The molecule has 0 unspecified atom stereocenters. The maximum absolute atomic E-state index is 12.2. The number of nitrogens with zero attached hydrogens (tertiary/aromatic N) is 2. The number of rotatable bonds is 8. The second-order valence-corrected chi connectivity index (χ2v) is 5.90. The number of para-hydroxylation sites is 2. The molecular formula is C20H19N3O5. The summed E-state index contributed by atoms with van der Waals surface area (Å²) in [5.74, 6) is 1.32. The SMILES string of the molecule is COc1ccccc1NC(=O)Cc1noc(COc2ccc(C(C)=O)cc2)n1. The second kappa shape index (κ2) is 8.81. The van der Waals surface area contributed by atoms with Gasteiger partial charge in [0.25, 0.3) is 5.89 Å². The Labute approximate surface area is 161 Å². The van der Waals surface area contributed by atoms with Crippen LogP contribution in [0.15, 0.2) is 53.1 Å². The van der Waals surface area contributed by atoms with Crippen LogP contribution in [0.2, 0.25) is 0 Å². The molecule has 0 atom stereocenters. The third kappa shape index (κ3) is 4.94. The number of methoxy groups -OCH3 is 1. The Kier molecular flexibility index (Phi) is 6.01. The molecule has 0 aliphatic rings. The third-order valence-electron chi connectivity index (χ3n) is 3.83. The number of Topliss-reactive ketones (excluding diaryl/α,β-unsaturated/α-hetero) is 1. The summed E-state index contributed by atoms with van der Waals surface area (Å²) in [5.41, 5.74) is 1.17. The van der Waals surface area contributed by atoms with Crippen molar-refractivity contribution in [2.75, 3.05) is 12.4 Å². The van der Waals surface area contributed by atoms with Gasteiger partial charge >= 0.3 is 0 Å². The zero-order valence-electron chi connectivity index (χ0n) is 15.5. The molecule has 0 saturated carbocycles. The molecule has 28 heavy (non-hydrogen) atoms. The van der Waals surface area contributed by atoms with Crippen LogP contribution in [0, 0.1) is 0 Å². The number of nitrogens with one attached hydrogen (secondary N) is 1. The van der Waals surface area contributed by atoms with E-state index in [4.69, 9.17) is 14.0 Å². The van der Waals surface area contributed by atoms with Crippen LogP contribution < -0.4 is 14.8 Å². The third-order valence-corrected chi connectivity index (χ3v) is 3.83. The fraction of sp³-hybridized carbons (Fsp3) is 0.200. The molecule has 2 aromatic carbocycles. The number of aromatic nitrogens is 2. The Morgan fingerprint density at radius 2 is 1.86 bits per heavy atom. The summed E-state index contributed by atoms with van der Waals surface area (Å²) < 4.78 is 15.8. The number of hydrogen-bond donors (Lipinski definition) is 1. The highest BCUT2D eigenvalue weighted by Gasteiger charge is 2.13. The first kappa shape index (κ1) is 19.1. The Balaban J connectivity index is 1.53. The van der Waals surface area contributed by atoms with Gasteiger partial charge in [0.05, 0.1) is 19.2 Å². The van der Waals surface area contributed by atoms with Crippen LogP contribution >= 0.6 is 0 Å². The molecule has 1 heterocycles. The topological polar surface area (TPSA) is 104 Å². The molecule has 0 spiro atoms. The number of benzene rings is 2. The van der Waals surface area contributed by atoms with Crippen molar-refractivity contribution in [2.45, 2.75) is 20.0 Å². The van der Waals surface area contributed by atoms with Gasteiger partial charge in [-0.15, -0.1) is 0 Å². The largest absolute Gasteiger partial charge is 0.495 e. The average Bonchev–Trinajstić information content (AvgIpc) is 3.14. The maximum Gasteiger partial charge on any atom is 0.264 e. The van der Waals surface area contributed by atoms with Gasteiger partial charge in [-0.3, -0.25) is 9.59 Å². The Bertz CT molecular complexity index is 966. The summed E-state index contributed by atoms with van der Waals surface area (Å²) in [6.07, 6.45) is -0.0468. The van der Waals surface area contributed by atoms with Gasteiger partial charge in [-0.25, -0.2) is 0 Å². The van der Waals surface area contributed by atoms with Gasteiger partial charge in [0.15, 0.2) is 18.2 Å². The molecule has 1 N–H and O–H groups in total. The van der Waals surface area contributed by atoms with E-state index in [1.807, 2.05) is 6.07 Å². The highest BCUT2D eigenvalue weighted by molar-refractivity contribution is 5.94. The number of carbonyl (C=O) groups excluding carboxylic acids is 2. The molecule has 0 fully saturated rings. The summed E-state index contributed by atoms with van der Waals surface area (Å²) in [7, 11) is 1.53. The average molecular weight is 381 g/mol. The number of ketones is 1. The summed E-state index contributed by atoms with van der Waals surface area (Å²) in [6, 6.07) is 13.8. The molecule has 8 nitrogen and oxygen atoms in total. The van der Waals surface area contributed by atoms with Crippen LogP contribution in [-0.2, 0) is 17.8 Å². The Hall–Kier alpha value is -3.68. The van der Waals surface area contributed by atoms with Crippen LogP contribution in [0.1, 0.15) is 29.0 Å². The lowest BCUT2D eigenvalue weighted by Crippen LogP contribution is -2.15. The van der Waals surface area contributed by atoms with E-state index in [1.54, 1.807) is 42.5 Å². The van der Waals surface area contributed by atoms with Gasteiger partial charge in [0.2, 0.25) is 5.91 Å². The fourth-order valence-corrected chi connectivity index (χ4v) is 2.44. The molecule has 144 valence electrons. The Morgan fingerprint density at radius 1 is 1.11 bits per heavy atom. The van der Waals surface area contributed by atoms with Crippen molar-refractivity contribution in [3.05, 3.63) is 65.8 Å². The predicted octanol–water partition coefficient (Wildman–Crippen LogP) is 3.04. The molecule has 1 aromatic heterocycles. The molecule has 0 bridgehead atoms. The minimum atomic E-state index is -0.294. The summed E-state index contributed by atoms with van der Waals surface area (Å²) >= 11 is 0. The first-order chi connectivity index (χ1) is 13.5. The summed E-state index contributed by atoms with van der Waals surface area (Å²) in [6.45, 7) is 1.56. The quantitative estimate of drug-likeness (QED) is 0.598. The molecule has 3 rings (SSSR count). The van der Waals surface area contributed by atoms with E-state index in [1.165, 1.54) is 14.0 Å². The lowest BCUT2D eigenvalue weighted by atomic mass is 10.1. The van der Waals surface area contributed by atoms with Gasteiger partial charge in [0, 0.05) is 5.56 Å². The number of carbonyl (C=O) groups is 2. The Morgan fingerprint density at radius 3 is 2.57 bits per heavy atom. The van der Waals surface area contributed by atoms with Crippen LogP contribution in [0.4, 0.5) is 5.69 Å². The van der Waals surface area contributed by atoms with Crippen molar-refractivity contribution in [1.82, 2.24) is 10.1 Å². The normalized spacial score (nSPS) is 10.4. The van der Waals surface area contributed by atoms with Gasteiger partial charge in [-0.1, -0.05) is 17.3 Å². The molecule has 0 aliphatic heterocycles. The lowest BCUT2D eigenvalue weighted by Gasteiger charge is -2.08. The summed E-state index contributed by atoms with van der Waals surface area (Å²) in [5, 5.41) is 6.53. The van der Waals surface area contributed by atoms with Crippen molar-refractivity contribution in [1.29, 1.82) is 0 Å². The fourth-order valence-electron chi connectivity index (χ4n) is 2.44. The van der Waals surface area contributed by atoms with Crippen LogP contribution in [-0.4, -0.2) is 28.9 Å². The molecule has 1 amide bonds. The molecule has 8 heteroatoms. The van der Waals surface area contributed by atoms with Gasteiger partial charge in [-0.05, 0) is 43.3 Å². The maximum atomic E-state index is 12.2. The van der Waals surface area contributed by atoms with Gasteiger partial charge < -0.3 is 19.3 Å². The monoisotopic (exact) mass is 381 g/mol. The zero-order chi connectivity index (χ0) is 19.9. The predicted molar refractivity (Wildman–Crippen MR) is 100 cm³/mol. The zero-order valence-corrected chi connectivity index (χ0v) is 15.5. The summed E-state index contributed by atoms with van der Waals surface area (Å²) in [4.78, 5) is 27.6. The minimum Gasteiger partial charge on any atom is -0.495 e. The van der Waals surface area contributed by atoms with Crippen molar-refractivity contribution < 1.29 is 23.6 Å². The van der Waals surface area contributed by atoms with E-state index in [9.17, 15) is 9.59 Å². The van der Waals surface area contributed by atoms with Crippen molar-refractivity contribution in [3.63, 3.8) is 0 Å². The number of ether oxygens (including phenoxy) is 2. The van der Waals surface area contributed by atoms with Crippen molar-refractivity contribution in [2.24, 2.45) is 0 Å². The highest BCUT2D eigenvalue weighted by atomic mass is 16.5. The first-order valence-corrected chi connectivity index (χ1v) is 8.53. The van der Waals surface area contributed by atoms with Crippen LogP contribution in [0.5, 0.6) is 11.5 Å². The van der Waals surface area contributed by atoms with E-state index in [-0.39, 0.29) is 36.4 Å². The first-order valence-electron chi connectivity index (χ1n) is 8.53. The molecule has 3 aromatic rings. The van der Waals surface area contributed by atoms with E-state index < -0.39 is 0 Å². The molecular weight excluding hydrogens is 362 g/mol.